The molecule has 1 heterocycles. The molecule has 0 bridgehead atoms. The molecule has 4 aromatic rings. The summed E-state index contributed by atoms with van der Waals surface area (Å²) in [6.45, 7) is 0.581. The van der Waals surface area contributed by atoms with Gasteiger partial charge in [-0.15, -0.1) is 10.2 Å². The molecule has 0 aliphatic rings. The normalized spacial score (nSPS) is 10.6. The van der Waals surface area contributed by atoms with Crippen LogP contribution in [-0.4, -0.2) is 22.6 Å². The maximum atomic E-state index is 5.87. The van der Waals surface area contributed by atoms with Crippen LogP contribution in [0.25, 0.3) is 0 Å². The molecule has 1 N–H and O–H groups in total. The van der Waals surface area contributed by atoms with Gasteiger partial charge in [-0.05, 0) is 60.7 Å². The van der Waals surface area contributed by atoms with Crippen molar-refractivity contribution in [2.24, 2.45) is 0 Å². The second kappa shape index (κ2) is 10.3. The molecule has 8 heteroatoms. The lowest BCUT2D eigenvalue weighted by molar-refractivity contribution is 0.344. The minimum Gasteiger partial charge on any atom is -0.493 e. The van der Waals surface area contributed by atoms with Gasteiger partial charge in [-0.25, -0.2) is 0 Å². The Kier molecular flexibility index (Phi) is 7.07. The fourth-order valence-corrected chi connectivity index (χ4v) is 4.28. The van der Waals surface area contributed by atoms with E-state index in [0.29, 0.717) is 11.6 Å². The molecule has 4 rings (SSSR count). The van der Waals surface area contributed by atoms with Gasteiger partial charge in [0.1, 0.15) is 17.2 Å². The summed E-state index contributed by atoms with van der Waals surface area (Å²) >= 11 is 8.99. The highest BCUT2D eigenvalue weighted by Crippen LogP contribution is 2.29. The number of benzene rings is 3. The molecule has 0 aliphatic heterocycles. The highest BCUT2D eigenvalue weighted by molar-refractivity contribution is 8.01. The quantitative estimate of drug-likeness (QED) is 0.219. The van der Waals surface area contributed by atoms with E-state index in [1.54, 1.807) is 11.8 Å². The predicted octanol–water partition coefficient (Wildman–Crippen LogP) is 6.90. The van der Waals surface area contributed by atoms with Crippen molar-refractivity contribution < 1.29 is 9.47 Å². The Morgan fingerprint density at radius 2 is 1.53 bits per heavy atom. The Bertz CT molecular complexity index is 1060. The lowest BCUT2D eigenvalue weighted by Crippen LogP contribution is -1.99. The van der Waals surface area contributed by atoms with Crippen molar-refractivity contribution in [3.8, 4) is 17.2 Å². The van der Waals surface area contributed by atoms with Crippen LogP contribution in [0.4, 0.5) is 10.8 Å². The van der Waals surface area contributed by atoms with Crippen LogP contribution in [-0.2, 0) is 0 Å². The largest absolute Gasteiger partial charge is 0.493 e. The Morgan fingerprint density at radius 1 is 0.833 bits per heavy atom. The molecule has 0 radical (unpaired) electrons. The first-order chi connectivity index (χ1) is 14.7. The van der Waals surface area contributed by atoms with Crippen molar-refractivity contribution in [2.45, 2.75) is 4.34 Å². The highest BCUT2D eigenvalue weighted by Gasteiger charge is 2.06. The minimum absolute atomic E-state index is 0.581. The van der Waals surface area contributed by atoms with Crippen molar-refractivity contribution in [3.63, 3.8) is 0 Å². The summed E-state index contributed by atoms with van der Waals surface area (Å²) in [5.41, 5.74) is 0.925. The number of hydrogen-bond donors (Lipinski definition) is 1. The van der Waals surface area contributed by atoms with Crippen LogP contribution in [0.3, 0.4) is 0 Å². The molecule has 0 fully saturated rings. The molecule has 0 spiro atoms. The number of aromatic nitrogens is 2. The summed E-state index contributed by atoms with van der Waals surface area (Å²) in [5, 5.41) is 13.1. The van der Waals surface area contributed by atoms with E-state index in [1.165, 1.54) is 11.3 Å². The molecule has 30 heavy (non-hydrogen) atoms. The standard InChI is InChI=1S/C22H18ClN3O2S2/c23-16-6-10-18(11-7-16)27-14-15-29-22-26-25-21(30-22)24-17-8-12-20(13-9-17)28-19-4-2-1-3-5-19/h1-13H,14-15H2,(H,24,25). The van der Waals surface area contributed by atoms with Gasteiger partial charge in [-0.1, -0.05) is 52.9 Å². The summed E-state index contributed by atoms with van der Waals surface area (Å²) < 4.78 is 12.4. The zero-order valence-corrected chi connectivity index (χ0v) is 18.2. The summed E-state index contributed by atoms with van der Waals surface area (Å²) in [4.78, 5) is 0. The summed E-state index contributed by atoms with van der Waals surface area (Å²) in [6.07, 6.45) is 0. The van der Waals surface area contributed by atoms with Gasteiger partial charge in [0.05, 0.1) is 6.61 Å². The Balaban J connectivity index is 1.23. The fourth-order valence-electron chi connectivity index (χ4n) is 2.49. The Morgan fingerprint density at radius 3 is 2.30 bits per heavy atom. The number of rotatable bonds is 9. The van der Waals surface area contributed by atoms with E-state index >= 15 is 0 Å². The van der Waals surface area contributed by atoms with E-state index < -0.39 is 0 Å². The van der Waals surface area contributed by atoms with E-state index in [-0.39, 0.29) is 0 Å². The van der Waals surface area contributed by atoms with Gasteiger partial charge in [-0.3, -0.25) is 0 Å². The molecular weight excluding hydrogens is 438 g/mol. The van der Waals surface area contributed by atoms with Crippen LogP contribution in [0.15, 0.2) is 83.2 Å². The maximum absolute atomic E-state index is 5.87. The average molecular weight is 456 g/mol. The molecule has 0 aliphatic carbocycles. The molecular formula is C22H18ClN3O2S2. The number of nitrogens with zero attached hydrogens (tertiary/aromatic N) is 2. The number of nitrogens with one attached hydrogen (secondary N) is 1. The van der Waals surface area contributed by atoms with E-state index in [9.17, 15) is 0 Å². The molecule has 0 atom stereocenters. The second-order valence-electron chi connectivity index (χ2n) is 6.09. The molecule has 1 aromatic heterocycles. The van der Waals surface area contributed by atoms with E-state index in [2.05, 4.69) is 15.5 Å². The van der Waals surface area contributed by atoms with Crippen LogP contribution in [0.2, 0.25) is 5.02 Å². The SMILES string of the molecule is Clc1ccc(OCCSc2nnc(Nc3ccc(Oc4ccccc4)cc3)s2)cc1. The second-order valence-corrected chi connectivity index (χ2v) is 8.84. The molecule has 0 saturated heterocycles. The van der Waals surface area contributed by atoms with Crippen molar-refractivity contribution >= 4 is 45.5 Å². The fraction of sp³-hybridized carbons (Fsp3) is 0.0909. The third kappa shape index (κ3) is 6.13. The van der Waals surface area contributed by atoms with Gasteiger partial charge in [0.2, 0.25) is 5.13 Å². The van der Waals surface area contributed by atoms with E-state index in [1.807, 2.05) is 78.9 Å². The third-order valence-electron chi connectivity index (χ3n) is 3.88. The average Bonchev–Trinajstić information content (AvgIpc) is 3.22. The van der Waals surface area contributed by atoms with Gasteiger partial charge in [-0.2, -0.15) is 0 Å². The van der Waals surface area contributed by atoms with E-state index in [0.717, 1.165) is 38.2 Å². The van der Waals surface area contributed by atoms with Gasteiger partial charge in [0, 0.05) is 16.5 Å². The smallest absolute Gasteiger partial charge is 0.210 e. The number of anilines is 2. The lowest BCUT2D eigenvalue weighted by Gasteiger charge is -2.07. The molecule has 5 nitrogen and oxygen atoms in total. The Hall–Kier alpha value is -2.74. The molecule has 0 saturated carbocycles. The first-order valence-electron chi connectivity index (χ1n) is 9.19. The van der Waals surface area contributed by atoms with Crippen molar-refractivity contribution in [3.05, 3.63) is 83.9 Å². The number of ether oxygens (including phenoxy) is 2. The van der Waals surface area contributed by atoms with Crippen molar-refractivity contribution in [1.29, 1.82) is 0 Å². The molecule has 3 aromatic carbocycles. The monoisotopic (exact) mass is 455 g/mol. The third-order valence-corrected chi connectivity index (χ3v) is 6.07. The highest BCUT2D eigenvalue weighted by atomic mass is 35.5. The zero-order chi connectivity index (χ0) is 20.6. The number of thioether (sulfide) groups is 1. The summed E-state index contributed by atoms with van der Waals surface area (Å²) in [5.74, 6) is 3.17. The minimum atomic E-state index is 0.581. The van der Waals surface area contributed by atoms with Gasteiger partial charge in [0.25, 0.3) is 0 Å². The van der Waals surface area contributed by atoms with Crippen LogP contribution in [0, 0.1) is 0 Å². The lowest BCUT2D eigenvalue weighted by atomic mass is 10.3. The van der Waals surface area contributed by atoms with Gasteiger partial charge in [0.15, 0.2) is 4.34 Å². The first kappa shape index (κ1) is 20.5. The predicted molar refractivity (Wildman–Crippen MR) is 124 cm³/mol. The first-order valence-corrected chi connectivity index (χ1v) is 11.4. The van der Waals surface area contributed by atoms with Crippen molar-refractivity contribution in [2.75, 3.05) is 17.7 Å². The Labute approximate surface area is 188 Å². The summed E-state index contributed by atoms with van der Waals surface area (Å²) in [6, 6.07) is 24.8. The van der Waals surface area contributed by atoms with Crippen molar-refractivity contribution in [1.82, 2.24) is 10.2 Å². The zero-order valence-electron chi connectivity index (χ0n) is 15.8. The van der Waals surface area contributed by atoms with Crippen LogP contribution < -0.4 is 14.8 Å². The topological polar surface area (TPSA) is 56.3 Å². The van der Waals surface area contributed by atoms with Crippen LogP contribution >= 0.6 is 34.7 Å². The van der Waals surface area contributed by atoms with Crippen LogP contribution in [0.5, 0.6) is 17.2 Å². The molecule has 0 amide bonds. The molecule has 0 unspecified atom stereocenters. The summed E-state index contributed by atoms with van der Waals surface area (Å²) in [7, 11) is 0. The molecule has 152 valence electrons. The number of halogens is 1. The maximum Gasteiger partial charge on any atom is 0.210 e. The van der Waals surface area contributed by atoms with Gasteiger partial charge < -0.3 is 14.8 Å². The van der Waals surface area contributed by atoms with Crippen LogP contribution in [0.1, 0.15) is 0 Å². The van der Waals surface area contributed by atoms with Gasteiger partial charge >= 0.3 is 0 Å². The number of para-hydroxylation sites is 1. The number of hydrogen-bond acceptors (Lipinski definition) is 7. The van der Waals surface area contributed by atoms with E-state index in [4.69, 9.17) is 21.1 Å².